The van der Waals surface area contributed by atoms with Crippen molar-refractivity contribution in [3.05, 3.63) is 0 Å². The molecule has 0 radical (unpaired) electrons. The number of amides is 1. The van der Waals surface area contributed by atoms with E-state index in [0.717, 1.165) is 51.7 Å². The fourth-order valence-corrected chi connectivity index (χ4v) is 2.93. The molecule has 4 nitrogen and oxygen atoms in total. The largest absolute Gasteiger partial charge is 0.390 e. The third kappa shape index (κ3) is 3.69. The van der Waals surface area contributed by atoms with E-state index in [4.69, 9.17) is 4.74 Å². The molecule has 1 heterocycles. The lowest BCUT2D eigenvalue weighted by atomic mass is 9.97. The molecule has 1 atom stereocenters. The van der Waals surface area contributed by atoms with Gasteiger partial charge in [0.05, 0.1) is 5.60 Å². The molecule has 0 aromatic heterocycles. The highest BCUT2D eigenvalue weighted by Gasteiger charge is 2.31. The van der Waals surface area contributed by atoms with Crippen molar-refractivity contribution in [3.8, 4) is 0 Å². The van der Waals surface area contributed by atoms with Crippen LogP contribution in [-0.2, 0) is 9.53 Å². The predicted octanol–water partition coefficient (Wildman–Crippen LogP) is 1.57. The van der Waals surface area contributed by atoms with Gasteiger partial charge in [-0.3, -0.25) is 4.79 Å². The highest BCUT2D eigenvalue weighted by Crippen LogP contribution is 2.32. The van der Waals surface area contributed by atoms with E-state index in [1.165, 1.54) is 0 Å². The summed E-state index contributed by atoms with van der Waals surface area (Å²) in [4.78, 5) is 13.8. The molecule has 1 N–H and O–H groups in total. The van der Waals surface area contributed by atoms with Gasteiger partial charge in [0.1, 0.15) is 0 Å². The van der Waals surface area contributed by atoms with Gasteiger partial charge in [0.15, 0.2) is 0 Å². The predicted molar refractivity (Wildman–Crippen MR) is 69.2 cm³/mol. The average Bonchev–Trinajstić information content (AvgIpc) is 2.98. The molecule has 2 aliphatic rings. The summed E-state index contributed by atoms with van der Waals surface area (Å²) in [6, 6.07) is 0. The molecule has 0 bridgehead atoms. The number of carbonyl (C=O) groups is 1. The summed E-state index contributed by atoms with van der Waals surface area (Å²) in [5, 5.41) is 10.2. The summed E-state index contributed by atoms with van der Waals surface area (Å²) >= 11 is 0. The number of hydrogen-bond donors (Lipinski definition) is 1. The molecule has 0 aromatic rings. The summed E-state index contributed by atoms with van der Waals surface area (Å²) in [7, 11) is 1.84. The van der Waals surface area contributed by atoms with Crippen molar-refractivity contribution >= 4 is 5.91 Å². The zero-order valence-corrected chi connectivity index (χ0v) is 11.4. The van der Waals surface area contributed by atoms with Crippen molar-refractivity contribution in [1.29, 1.82) is 0 Å². The molecule has 1 aliphatic carbocycles. The maximum atomic E-state index is 12.0. The van der Waals surface area contributed by atoms with Gasteiger partial charge in [-0.25, -0.2) is 0 Å². The molecule has 1 saturated carbocycles. The Hall–Kier alpha value is -0.610. The Morgan fingerprint density at radius 1 is 1.44 bits per heavy atom. The van der Waals surface area contributed by atoms with Crippen LogP contribution in [-0.4, -0.2) is 48.3 Å². The van der Waals surface area contributed by atoms with Gasteiger partial charge in [-0.2, -0.15) is 0 Å². The maximum absolute atomic E-state index is 12.0. The number of hydrogen-bond acceptors (Lipinski definition) is 3. The second kappa shape index (κ2) is 6.02. The standard InChI is InChI=1S/C14H25NO3/c1-15(8-7-14(17)5-2-3-6-14)13(16)10-12-4-9-18-11-12/h12,17H,2-11H2,1H3/t12-/m0/s1. The Morgan fingerprint density at radius 2 is 2.17 bits per heavy atom. The van der Waals surface area contributed by atoms with Gasteiger partial charge in [-0.1, -0.05) is 12.8 Å². The second-order valence-electron chi connectivity index (χ2n) is 5.93. The molecule has 104 valence electrons. The zero-order valence-electron chi connectivity index (χ0n) is 11.4. The first-order valence-corrected chi connectivity index (χ1v) is 7.13. The first kappa shape index (κ1) is 13.8. The second-order valence-corrected chi connectivity index (χ2v) is 5.93. The fourth-order valence-electron chi connectivity index (χ4n) is 2.93. The summed E-state index contributed by atoms with van der Waals surface area (Å²) in [5.41, 5.74) is -0.509. The minimum Gasteiger partial charge on any atom is -0.390 e. The van der Waals surface area contributed by atoms with Gasteiger partial charge in [-0.15, -0.1) is 0 Å². The molecule has 2 rings (SSSR count). The van der Waals surface area contributed by atoms with Crippen LogP contribution in [0.15, 0.2) is 0 Å². The topological polar surface area (TPSA) is 49.8 Å². The van der Waals surface area contributed by atoms with E-state index in [9.17, 15) is 9.90 Å². The van der Waals surface area contributed by atoms with Crippen molar-refractivity contribution in [1.82, 2.24) is 4.90 Å². The third-order valence-electron chi connectivity index (χ3n) is 4.36. The molecular formula is C14H25NO3. The molecule has 4 heteroatoms. The first-order chi connectivity index (χ1) is 8.59. The van der Waals surface area contributed by atoms with Crippen LogP contribution in [0.1, 0.15) is 44.9 Å². The lowest BCUT2D eigenvalue weighted by Gasteiger charge is -2.26. The van der Waals surface area contributed by atoms with E-state index in [-0.39, 0.29) is 5.91 Å². The molecule has 1 amide bonds. The highest BCUT2D eigenvalue weighted by atomic mass is 16.5. The van der Waals surface area contributed by atoms with Gasteiger partial charge >= 0.3 is 0 Å². The van der Waals surface area contributed by atoms with Crippen molar-refractivity contribution in [3.63, 3.8) is 0 Å². The average molecular weight is 255 g/mol. The number of rotatable bonds is 5. The number of carbonyl (C=O) groups excluding carboxylic acids is 1. The Bertz CT molecular complexity index is 281. The lowest BCUT2D eigenvalue weighted by Crippen LogP contribution is -2.35. The monoisotopic (exact) mass is 255 g/mol. The SMILES string of the molecule is CN(CCC1(O)CCCC1)C(=O)C[C@@H]1CCOC1. The van der Waals surface area contributed by atoms with Crippen LogP contribution in [0.2, 0.25) is 0 Å². The highest BCUT2D eigenvalue weighted by molar-refractivity contribution is 5.76. The van der Waals surface area contributed by atoms with Gasteiger partial charge in [-0.05, 0) is 31.6 Å². The first-order valence-electron chi connectivity index (χ1n) is 7.13. The smallest absolute Gasteiger partial charge is 0.222 e. The van der Waals surface area contributed by atoms with Crippen LogP contribution < -0.4 is 0 Å². The molecule has 1 aliphatic heterocycles. The number of aliphatic hydroxyl groups is 1. The van der Waals surface area contributed by atoms with Crippen molar-refractivity contribution < 1.29 is 14.6 Å². The Kier molecular flexibility index (Phi) is 4.62. The van der Waals surface area contributed by atoms with Gasteiger partial charge in [0, 0.05) is 33.2 Å². The Labute approximate surface area is 109 Å². The van der Waals surface area contributed by atoms with Crippen LogP contribution in [0.25, 0.3) is 0 Å². The van der Waals surface area contributed by atoms with E-state index < -0.39 is 5.60 Å². The molecule has 2 fully saturated rings. The molecule has 1 saturated heterocycles. The molecule has 0 unspecified atom stereocenters. The van der Waals surface area contributed by atoms with E-state index in [1.54, 1.807) is 4.90 Å². The summed E-state index contributed by atoms with van der Waals surface area (Å²) in [6.07, 6.45) is 6.34. The van der Waals surface area contributed by atoms with Crippen LogP contribution in [0.3, 0.4) is 0 Å². The van der Waals surface area contributed by atoms with Gasteiger partial charge in [0.2, 0.25) is 5.91 Å². The quantitative estimate of drug-likeness (QED) is 0.811. The normalized spacial score (nSPS) is 26.4. The van der Waals surface area contributed by atoms with Crippen molar-refractivity contribution in [2.45, 2.75) is 50.5 Å². The van der Waals surface area contributed by atoms with Crippen LogP contribution in [0.4, 0.5) is 0 Å². The van der Waals surface area contributed by atoms with Crippen LogP contribution in [0.5, 0.6) is 0 Å². The third-order valence-corrected chi connectivity index (χ3v) is 4.36. The summed E-state index contributed by atoms with van der Waals surface area (Å²) in [5.74, 6) is 0.585. The van der Waals surface area contributed by atoms with Gasteiger partial charge in [0.25, 0.3) is 0 Å². The van der Waals surface area contributed by atoms with E-state index in [1.807, 2.05) is 7.05 Å². The number of nitrogens with zero attached hydrogens (tertiary/aromatic N) is 1. The van der Waals surface area contributed by atoms with E-state index in [2.05, 4.69) is 0 Å². The molecule has 18 heavy (non-hydrogen) atoms. The zero-order chi connectivity index (χ0) is 13.0. The summed E-state index contributed by atoms with van der Waals surface area (Å²) < 4.78 is 5.28. The van der Waals surface area contributed by atoms with E-state index in [0.29, 0.717) is 18.9 Å². The molecular weight excluding hydrogens is 230 g/mol. The van der Waals surface area contributed by atoms with Crippen LogP contribution >= 0.6 is 0 Å². The van der Waals surface area contributed by atoms with Crippen molar-refractivity contribution in [2.24, 2.45) is 5.92 Å². The number of ether oxygens (including phenoxy) is 1. The minimum atomic E-state index is -0.509. The maximum Gasteiger partial charge on any atom is 0.222 e. The van der Waals surface area contributed by atoms with Crippen molar-refractivity contribution in [2.75, 3.05) is 26.8 Å². The Morgan fingerprint density at radius 3 is 2.78 bits per heavy atom. The Balaban J connectivity index is 1.69. The van der Waals surface area contributed by atoms with E-state index >= 15 is 0 Å². The molecule has 0 aromatic carbocycles. The van der Waals surface area contributed by atoms with Gasteiger partial charge < -0.3 is 14.7 Å². The molecule has 0 spiro atoms. The minimum absolute atomic E-state index is 0.187. The lowest BCUT2D eigenvalue weighted by molar-refractivity contribution is -0.131. The fraction of sp³-hybridized carbons (Fsp3) is 0.929. The van der Waals surface area contributed by atoms with Crippen LogP contribution in [0, 0.1) is 5.92 Å². The summed E-state index contributed by atoms with van der Waals surface area (Å²) in [6.45, 7) is 2.19.